The summed E-state index contributed by atoms with van der Waals surface area (Å²) in [6, 6.07) is 47.0. The van der Waals surface area contributed by atoms with Gasteiger partial charge in [0.25, 0.3) is 0 Å². The van der Waals surface area contributed by atoms with E-state index in [4.69, 9.17) is 26.3 Å². The van der Waals surface area contributed by atoms with Crippen LogP contribution in [0.25, 0.3) is 30.5 Å². The first-order valence-corrected chi connectivity index (χ1v) is 26.7. The monoisotopic (exact) mass is 1110 g/mol. The van der Waals surface area contributed by atoms with Gasteiger partial charge in [0.15, 0.2) is 22.7 Å². The van der Waals surface area contributed by atoms with Crippen molar-refractivity contribution in [3.05, 3.63) is 224 Å². The van der Waals surface area contributed by atoms with Gasteiger partial charge in [-0.25, -0.2) is 30.5 Å². The maximum Gasteiger partial charge on any atom is 6.00 e. The number of benzene rings is 6. The fraction of sp³-hybridized carbons (Fsp3) is 0.444. The minimum absolute atomic E-state index is 0. The van der Waals surface area contributed by atoms with Crippen LogP contribution in [-0.4, -0.2) is 0 Å². The van der Waals surface area contributed by atoms with E-state index in [1.165, 1.54) is 0 Å². The second-order valence-electron chi connectivity index (χ2n) is 27.8. The molecule has 5 heteroatoms. The molecular weight excluding hydrogens is 1020 g/mol. The molecule has 404 valence electrons. The Balaban J connectivity index is 0.000000481. The van der Waals surface area contributed by atoms with Crippen LogP contribution in [0.5, 0.6) is 0 Å². The summed E-state index contributed by atoms with van der Waals surface area (Å²) < 4.78 is 0. The summed E-state index contributed by atoms with van der Waals surface area (Å²) in [6.07, 6.45) is 0. The predicted molar refractivity (Wildman–Crippen MR) is 330 cm³/mol. The molecule has 0 heterocycles. The number of para-hydroxylation sites is 4. The zero-order chi connectivity index (χ0) is 58.5. The molecule has 0 N–H and O–H groups in total. The summed E-state index contributed by atoms with van der Waals surface area (Å²) in [6.45, 7) is 81.4. The average Bonchev–Trinajstić information content (AvgIpc) is 3.32. The van der Waals surface area contributed by atoms with Gasteiger partial charge in [0.05, 0.1) is 26.3 Å². The number of hydrogen-bond acceptors (Lipinski definition) is 0. The Labute approximate surface area is 483 Å². The molecule has 0 unspecified atom stereocenters. The molecule has 6 rings (SSSR count). The van der Waals surface area contributed by atoms with E-state index in [2.05, 4.69) is 270 Å². The Hall–Kier alpha value is -6.10. The number of nitrogens with zero attached hydrogens (tertiary/aromatic N) is 4. The largest absolute Gasteiger partial charge is 6.00 e. The van der Waals surface area contributed by atoms with Crippen molar-refractivity contribution in [1.29, 1.82) is 0 Å². The summed E-state index contributed by atoms with van der Waals surface area (Å²) in [4.78, 5) is 15.0. The maximum absolute atomic E-state index is 7.41. The second-order valence-corrected chi connectivity index (χ2v) is 27.8. The topological polar surface area (TPSA) is 17.4 Å². The van der Waals surface area contributed by atoms with Crippen molar-refractivity contribution in [2.24, 2.45) is 0 Å². The first-order chi connectivity index (χ1) is 34.7. The van der Waals surface area contributed by atoms with Crippen molar-refractivity contribution in [2.45, 2.75) is 209 Å². The quantitative estimate of drug-likeness (QED) is 0.115. The summed E-state index contributed by atoms with van der Waals surface area (Å²) >= 11 is 0. The third kappa shape index (κ3) is 20.3. The molecule has 6 aromatic rings. The fourth-order valence-corrected chi connectivity index (χ4v) is 8.62. The van der Waals surface area contributed by atoms with Crippen LogP contribution in [0, 0.1) is 38.4 Å². The number of hydrogen-bond donors (Lipinski definition) is 0. The second kappa shape index (κ2) is 27.5. The zero-order valence-electron chi connectivity index (χ0n) is 51.7. The first-order valence-electron chi connectivity index (χ1n) is 26.7. The Bertz CT molecular complexity index is 2490. The molecule has 0 bridgehead atoms. The molecule has 0 spiro atoms. The molecule has 0 aliphatic rings. The fourth-order valence-electron chi connectivity index (χ4n) is 8.62. The van der Waals surface area contributed by atoms with Gasteiger partial charge in [0.2, 0.25) is 0 Å². The normalized spacial score (nSPS) is 11.7. The third-order valence-electron chi connectivity index (χ3n) is 12.8. The molecule has 0 aliphatic heterocycles. The van der Waals surface area contributed by atoms with Crippen molar-refractivity contribution in [1.82, 2.24) is 0 Å². The minimum Gasteiger partial charge on any atom is -0.238 e. The minimum atomic E-state index is 0. The summed E-state index contributed by atoms with van der Waals surface area (Å²) in [5.74, 6) is 0. The van der Waals surface area contributed by atoms with E-state index in [0.717, 1.165) is 78.4 Å². The Morgan fingerprint density at radius 1 is 0.247 bits per heavy atom. The van der Waals surface area contributed by atoms with Crippen LogP contribution >= 0.6 is 0 Å². The maximum atomic E-state index is 7.41. The molecular formula is C72H92N4Ru+4. The molecule has 77 heavy (non-hydrogen) atoms. The van der Waals surface area contributed by atoms with E-state index in [9.17, 15) is 0 Å². The van der Waals surface area contributed by atoms with Crippen LogP contribution in [0.4, 0.5) is 22.7 Å². The molecule has 0 saturated heterocycles. The van der Waals surface area contributed by atoms with Crippen LogP contribution in [0.3, 0.4) is 0 Å². The summed E-state index contributed by atoms with van der Waals surface area (Å²) in [5.41, 5.74) is 14.9. The molecule has 0 atom stereocenters. The zero-order valence-corrected chi connectivity index (χ0v) is 53.4. The van der Waals surface area contributed by atoms with Crippen molar-refractivity contribution >= 4 is 22.7 Å². The van der Waals surface area contributed by atoms with E-state index in [1.54, 1.807) is 0 Å². The van der Waals surface area contributed by atoms with Gasteiger partial charge in [-0.2, -0.15) is 48.5 Å². The van der Waals surface area contributed by atoms with E-state index in [-0.39, 0.29) is 62.8 Å². The van der Waals surface area contributed by atoms with Crippen LogP contribution in [0.15, 0.2) is 121 Å². The van der Waals surface area contributed by atoms with E-state index >= 15 is 0 Å². The van der Waals surface area contributed by atoms with Crippen LogP contribution in [-0.2, 0) is 62.8 Å². The molecule has 4 nitrogen and oxygen atoms in total. The molecule has 0 saturated carbocycles. The Morgan fingerprint density at radius 3 is 0.506 bits per heavy atom. The van der Waals surface area contributed by atoms with Gasteiger partial charge in [-0.1, -0.05) is 239 Å². The molecule has 0 radical (unpaired) electrons. The molecule has 0 aliphatic carbocycles. The molecule has 6 aromatic carbocycles. The Morgan fingerprint density at radius 2 is 0.403 bits per heavy atom. The summed E-state index contributed by atoms with van der Waals surface area (Å²) in [7, 11) is 0. The van der Waals surface area contributed by atoms with Gasteiger partial charge in [-0.05, 0) is 87.8 Å². The van der Waals surface area contributed by atoms with Crippen LogP contribution in [0.2, 0.25) is 0 Å². The van der Waals surface area contributed by atoms with E-state index in [1.807, 2.05) is 48.5 Å². The first kappa shape index (κ1) is 68.9. The van der Waals surface area contributed by atoms with Gasteiger partial charge in [-0.3, -0.25) is 0 Å². The SMILES string of the molecule is [C-]#[N+]c1c(C(C)(C)C)cccc1C(C)(C)C.[C-]#[N+]c1c(C(C)(C)C)cccc1C(C)(C)C.[C-]#[N+]c1c(C(C)(C)C)cccc1C(C)(C)C.[C-]#[N+]c1c(C(C)(C)C)cccc1C(C)(C)C.[Ru+6].[c-]1ccccc1-c1[c-]cccc1. The van der Waals surface area contributed by atoms with E-state index < -0.39 is 0 Å². The van der Waals surface area contributed by atoms with Crippen molar-refractivity contribution in [3.63, 3.8) is 0 Å². The smallest absolute Gasteiger partial charge is 0.238 e. The van der Waals surface area contributed by atoms with Gasteiger partial charge in [0, 0.05) is 0 Å². The van der Waals surface area contributed by atoms with Gasteiger partial charge < -0.3 is 0 Å². The van der Waals surface area contributed by atoms with Crippen molar-refractivity contribution in [2.75, 3.05) is 0 Å². The average molecular weight is 1110 g/mol. The third-order valence-corrected chi connectivity index (χ3v) is 12.8. The predicted octanol–water partition coefficient (Wildman–Crippen LogP) is 22.3. The molecule has 0 aromatic heterocycles. The van der Waals surface area contributed by atoms with Crippen LogP contribution in [0.1, 0.15) is 211 Å². The van der Waals surface area contributed by atoms with Crippen molar-refractivity contribution < 1.29 is 19.5 Å². The van der Waals surface area contributed by atoms with E-state index in [0.29, 0.717) is 0 Å². The van der Waals surface area contributed by atoms with Gasteiger partial charge in [0.1, 0.15) is 0 Å². The standard InChI is InChI=1S/4C15H21N.C12H8.Ru/c4*1-14(2,3)11-9-8-10-12(13(11)16-7)15(4,5)6;1-3-7-11(8-4-1)12-9-5-2-6-10-12;/h4*8-10H,1-6H3;1-7,9H;/q;;;;-2;+6. The number of rotatable bonds is 1. The van der Waals surface area contributed by atoms with Crippen molar-refractivity contribution in [3.8, 4) is 11.1 Å². The van der Waals surface area contributed by atoms with Gasteiger partial charge in [-0.15, -0.1) is 12.1 Å². The molecule has 0 fully saturated rings. The van der Waals surface area contributed by atoms with Crippen LogP contribution < -0.4 is 0 Å². The summed E-state index contributed by atoms with van der Waals surface area (Å²) in [5, 5.41) is 0. The van der Waals surface area contributed by atoms with Gasteiger partial charge >= 0.3 is 19.5 Å². The Kier molecular flexibility index (Phi) is 24.6. The molecule has 0 amide bonds.